The number of carbonyl (C=O) groups is 1. The number of anilines is 1. The van der Waals surface area contributed by atoms with Crippen molar-refractivity contribution in [2.24, 2.45) is 0 Å². The quantitative estimate of drug-likeness (QED) is 0.730. The third-order valence-electron chi connectivity index (χ3n) is 3.40. The predicted octanol–water partition coefficient (Wildman–Crippen LogP) is 2.83. The summed E-state index contributed by atoms with van der Waals surface area (Å²) in [6.45, 7) is 4.47. The highest BCUT2D eigenvalue weighted by Gasteiger charge is 2.11. The lowest BCUT2D eigenvalue weighted by atomic mass is 10.1. The van der Waals surface area contributed by atoms with Crippen LogP contribution in [0.15, 0.2) is 24.3 Å². The smallest absolute Gasteiger partial charge is 0.251 e. The van der Waals surface area contributed by atoms with Gasteiger partial charge >= 0.3 is 0 Å². The summed E-state index contributed by atoms with van der Waals surface area (Å²) in [4.78, 5) is 17.9. The summed E-state index contributed by atoms with van der Waals surface area (Å²) in [5, 5.41) is 12.9. The highest BCUT2D eigenvalue weighted by Crippen LogP contribution is 2.30. The van der Waals surface area contributed by atoms with Crippen LogP contribution >= 0.6 is 22.7 Å². The van der Waals surface area contributed by atoms with E-state index in [0.717, 1.165) is 26.1 Å². The summed E-state index contributed by atoms with van der Waals surface area (Å²) in [6, 6.07) is 7.61. The summed E-state index contributed by atoms with van der Waals surface area (Å²) < 4.78 is 0. The molecule has 3 N–H and O–H groups in total. The van der Waals surface area contributed by atoms with Crippen LogP contribution < -0.4 is 11.1 Å². The molecular weight excluding hydrogens is 342 g/mol. The lowest BCUT2D eigenvalue weighted by molar-refractivity contribution is 0.0954. The number of nitrogens with zero attached hydrogens (tertiary/aromatic N) is 3. The van der Waals surface area contributed by atoms with Crippen molar-refractivity contribution in [2.75, 3.05) is 12.3 Å². The number of benzene rings is 1. The molecule has 2 aromatic heterocycles. The van der Waals surface area contributed by atoms with Gasteiger partial charge in [0, 0.05) is 18.5 Å². The van der Waals surface area contributed by atoms with E-state index < -0.39 is 0 Å². The van der Waals surface area contributed by atoms with E-state index in [1.807, 2.05) is 38.1 Å². The molecule has 8 heteroatoms. The van der Waals surface area contributed by atoms with E-state index in [-0.39, 0.29) is 5.91 Å². The van der Waals surface area contributed by atoms with Crippen LogP contribution in [0.4, 0.5) is 5.13 Å². The molecule has 0 saturated carbocycles. The van der Waals surface area contributed by atoms with Gasteiger partial charge in [-0.15, -0.1) is 21.5 Å². The van der Waals surface area contributed by atoms with Crippen molar-refractivity contribution >= 4 is 33.7 Å². The zero-order valence-corrected chi connectivity index (χ0v) is 15.0. The summed E-state index contributed by atoms with van der Waals surface area (Å²) in [7, 11) is 0. The summed E-state index contributed by atoms with van der Waals surface area (Å²) in [5.41, 5.74) is 8.18. The number of amides is 1. The fourth-order valence-corrected chi connectivity index (χ4v) is 3.88. The molecule has 1 amide bonds. The summed E-state index contributed by atoms with van der Waals surface area (Å²) in [6.07, 6.45) is 0.618. The number of aryl methyl sites for hydroxylation is 2. The standard InChI is InChI=1S/C16H17N5OS2/c1-9-14(23-10(2)19-9)11-4-3-5-12(8-11)15(22)18-7-6-13-20-21-16(17)24-13/h3-5,8H,6-7H2,1-2H3,(H2,17,21)(H,18,22). The Morgan fingerprint density at radius 1 is 1.25 bits per heavy atom. The predicted molar refractivity (Wildman–Crippen MR) is 97.4 cm³/mol. The van der Waals surface area contributed by atoms with E-state index in [2.05, 4.69) is 20.5 Å². The SMILES string of the molecule is Cc1nc(C)c(-c2cccc(C(=O)NCCc3nnc(N)s3)c2)s1. The van der Waals surface area contributed by atoms with E-state index in [1.165, 1.54) is 11.3 Å². The van der Waals surface area contributed by atoms with Crippen LogP contribution in [0.2, 0.25) is 0 Å². The maximum atomic E-state index is 12.3. The van der Waals surface area contributed by atoms with Crippen molar-refractivity contribution < 1.29 is 4.79 Å². The molecule has 6 nitrogen and oxygen atoms in total. The third kappa shape index (κ3) is 3.77. The van der Waals surface area contributed by atoms with Gasteiger partial charge in [0.1, 0.15) is 5.01 Å². The van der Waals surface area contributed by atoms with Gasteiger partial charge in [-0.2, -0.15) is 0 Å². The van der Waals surface area contributed by atoms with Crippen molar-refractivity contribution in [3.05, 3.63) is 45.5 Å². The zero-order valence-electron chi connectivity index (χ0n) is 13.4. The van der Waals surface area contributed by atoms with E-state index in [9.17, 15) is 4.79 Å². The average molecular weight is 359 g/mol. The van der Waals surface area contributed by atoms with Crippen LogP contribution in [-0.2, 0) is 6.42 Å². The van der Waals surface area contributed by atoms with E-state index in [4.69, 9.17) is 5.73 Å². The van der Waals surface area contributed by atoms with Crippen LogP contribution in [-0.4, -0.2) is 27.6 Å². The first-order chi connectivity index (χ1) is 11.5. The number of hydrogen-bond acceptors (Lipinski definition) is 7. The Labute approximate surface area is 147 Å². The maximum Gasteiger partial charge on any atom is 0.251 e. The Kier molecular flexibility index (Phi) is 4.86. The van der Waals surface area contributed by atoms with Gasteiger partial charge in [-0.25, -0.2) is 4.98 Å². The van der Waals surface area contributed by atoms with Gasteiger partial charge in [-0.05, 0) is 31.5 Å². The van der Waals surface area contributed by atoms with Gasteiger partial charge in [0.2, 0.25) is 5.13 Å². The second-order valence-corrected chi connectivity index (χ2v) is 7.57. The van der Waals surface area contributed by atoms with Gasteiger partial charge in [0.05, 0.1) is 15.6 Å². The molecular formula is C16H17N5OS2. The van der Waals surface area contributed by atoms with Crippen LogP contribution in [0, 0.1) is 13.8 Å². The molecule has 1 aromatic carbocycles. The van der Waals surface area contributed by atoms with Crippen LogP contribution in [0.3, 0.4) is 0 Å². The average Bonchev–Trinajstić information content (AvgIpc) is 3.12. The van der Waals surface area contributed by atoms with Crippen molar-refractivity contribution in [1.82, 2.24) is 20.5 Å². The van der Waals surface area contributed by atoms with Crippen LogP contribution in [0.25, 0.3) is 10.4 Å². The molecule has 3 rings (SSSR count). The molecule has 124 valence electrons. The first kappa shape index (κ1) is 16.5. The molecule has 0 bridgehead atoms. The van der Waals surface area contributed by atoms with E-state index in [1.54, 1.807) is 11.3 Å². The second kappa shape index (κ2) is 7.06. The van der Waals surface area contributed by atoms with Crippen LogP contribution in [0.5, 0.6) is 0 Å². The summed E-state index contributed by atoms with van der Waals surface area (Å²) >= 11 is 2.97. The first-order valence-electron chi connectivity index (χ1n) is 7.43. The number of rotatable bonds is 5. The largest absolute Gasteiger partial charge is 0.374 e. The molecule has 3 aromatic rings. The van der Waals surface area contributed by atoms with Gasteiger partial charge in [-0.3, -0.25) is 4.79 Å². The van der Waals surface area contributed by atoms with Gasteiger partial charge in [-0.1, -0.05) is 23.5 Å². The fraction of sp³-hybridized carbons (Fsp3) is 0.250. The minimum atomic E-state index is -0.103. The van der Waals surface area contributed by atoms with Crippen molar-refractivity contribution in [3.63, 3.8) is 0 Å². The Balaban J connectivity index is 1.67. The van der Waals surface area contributed by atoms with Gasteiger partial charge in [0.25, 0.3) is 5.91 Å². The maximum absolute atomic E-state index is 12.3. The molecule has 0 saturated heterocycles. The molecule has 0 radical (unpaired) electrons. The number of nitrogens with one attached hydrogen (secondary N) is 1. The molecule has 0 atom stereocenters. The first-order valence-corrected chi connectivity index (χ1v) is 9.07. The Morgan fingerprint density at radius 2 is 2.08 bits per heavy atom. The highest BCUT2D eigenvalue weighted by atomic mass is 32.1. The highest BCUT2D eigenvalue weighted by molar-refractivity contribution is 7.15. The molecule has 24 heavy (non-hydrogen) atoms. The summed E-state index contributed by atoms with van der Waals surface area (Å²) in [5.74, 6) is -0.103. The number of nitrogens with two attached hydrogens (primary N) is 1. The molecule has 2 heterocycles. The van der Waals surface area contributed by atoms with Crippen molar-refractivity contribution in [3.8, 4) is 10.4 Å². The van der Waals surface area contributed by atoms with Gasteiger partial charge < -0.3 is 11.1 Å². The molecule has 0 aliphatic heterocycles. The van der Waals surface area contributed by atoms with E-state index in [0.29, 0.717) is 23.7 Å². The lowest BCUT2D eigenvalue weighted by Crippen LogP contribution is -2.25. The van der Waals surface area contributed by atoms with E-state index >= 15 is 0 Å². The minimum Gasteiger partial charge on any atom is -0.374 e. The molecule has 0 spiro atoms. The fourth-order valence-electron chi connectivity index (χ4n) is 2.35. The number of nitrogen functional groups attached to an aromatic ring is 1. The molecule has 0 fully saturated rings. The third-order valence-corrected chi connectivity index (χ3v) is 5.33. The monoisotopic (exact) mass is 359 g/mol. The molecule has 0 aliphatic rings. The Bertz CT molecular complexity index is 871. The zero-order chi connectivity index (χ0) is 17.1. The normalized spacial score (nSPS) is 10.8. The van der Waals surface area contributed by atoms with Crippen LogP contribution in [0.1, 0.15) is 26.1 Å². The number of thiazole rings is 1. The lowest BCUT2D eigenvalue weighted by Gasteiger charge is -2.06. The Morgan fingerprint density at radius 3 is 2.75 bits per heavy atom. The number of hydrogen-bond donors (Lipinski definition) is 2. The minimum absolute atomic E-state index is 0.103. The molecule has 0 aliphatic carbocycles. The molecule has 0 unspecified atom stereocenters. The van der Waals surface area contributed by atoms with Crippen molar-refractivity contribution in [1.29, 1.82) is 0 Å². The second-order valence-electron chi connectivity index (χ2n) is 5.27. The number of aromatic nitrogens is 3. The topological polar surface area (TPSA) is 93.8 Å². The van der Waals surface area contributed by atoms with Gasteiger partial charge in [0.15, 0.2) is 0 Å². The Hall–Kier alpha value is -2.32. The van der Waals surface area contributed by atoms with Crippen molar-refractivity contribution in [2.45, 2.75) is 20.3 Å². The number of carbonyl (C=O) groups excluding carboxylic acids is 1.